The lowest BCUT2D eigenvalue weighted by molar-refractivity contribution is 0.127. The van der Waals surface area contributed by atoms with Crippen molar-refractivity contribution >= 4 is 58.2 Å². The first-order chi connectivity index (χ1) is 18.8. The van der Waals surface area contributed by atoms with Crippen molar-refractivity contribution in [2.45, 2.75) is 43.7 Å². The van der Waals surface area contributed by atoms with Gasteiger partial charge in [0.2, 0.25) is 0 Å². The van der Waals surface area contributed by atoms with Crippen molar-refractivity contribution in [3.05, 3.63) is 60.8 Å². The van der Waals surface area contributed by atoms with Gasteiger partial charge >= 0.3 is 0 Å². The topological polar surface area (TPSA) is 137 Å². The molecular formula is C26H31ClN8O2S2. The molecule has 5 rings (SSSR count). The number of nitrogens with zero attached hydrogens (tertiary/aromatic N) is 6. The van der Waals surface area contributed by atoms with Crippen LogP contribution in [0.2, 0.25) is 5.02 Å². The average Bonchev–Trinajstić information content (AvgIpc) is 3.48. The molecule has 2 aromatic heterocycles. The summed E-state index contributed by atoms with van der Waals surface area (Å²) in [7, 11) is 1.58. The first kappa shape index (κ1) is 27.8. The molecule has 1 spiro atoms. The number of thioether (sulfide) groups is 1. The van der Waals surface area contributed by atoms with Crippen LogP contribution in [0.25, 0.3) is 10.9 Å². The number of amidine groups is 1. The van der Waals surface area contributed by atoms with Crippen LogP contribution in [-0.4, -0.2) is 58.8 Å². The van der Waals surface area contributed by atoms with E-state index in [4.69, 9.17) is 27.8 Å². The van der Waals surface area contributed by atoms with Crippen LogP contribution in [0.4, 0.5) is 0 Å². The molecule has 4 N–H and O–H groups in total. The van der Waals surface area contributed by atoms with Crippen LogP contribution >= 0.6 is 34.7 Å². The highest BCUT2D eigenvalue weighted by Crippen LogP contribution is 2.51. The predicted octanol–water partition coefficient (Wildman–Crippen LogP) is 3.79. The van der Waals surface area contributed by atoms with Crippen molar-refractivity contribution in [2.24, 2.45) is 26.9 Å². The summed E-state index contributed by atoms with van der Waals surface area (Å²) in [5.74, 6) is 1.04. The molecule has 3 heterocycles. The third-order valence-corrected chi connectivity index (χ3v) is 10.2. The molecule has 0 saturated carbocycles. The lowest BCUT2D eigenvalue weighted by Gasteiger charge is -2.42. The second kappa shape index (κ2) is 11.4. The van der Waals surface area contributed by atoms with E-state index < -0.39 is 0 Å². The summed E-state index contributed by atoms with van der Waals surface area (Å²) in [5.41, 5.74) is 16.4. The zero-order valence-electron chi connectivity index (χ0n) is 21.9. The number of hydrogen-bond acceptors (Lipinski definition) is 10. The SMILES string of the molecule is C=N/C(Sc1ccc2ncn(CCOC)c(=O)c2c1Cl)=C(N)\N=C(/C)N1CCC2(CC1)Cc1ncsc1[C@H]2N. The first-order valence-electron chi connectivity index (χ1n) is 12.6. The number of ether oxygens (including phenoxy) is 1. The quantitative estimate of drug-likeness (QED) is 0.242. The summed E-state index contributed by atoms with van der Waals surface area (Å²) in [5, 5.41) is 1.02. The molecule has 1 saturated heterocycles. The highest BCUT2D eigenvalue weighted by Gasteiger charge is 2.47. The van der Waals surface area contributed by atoms with Crippen molar-refractivity contribution in [2.75, 3.05) is 26.8 Å². The minimum atomic E-state index is -0.237. The maximum atomic E-state index is 13.0. The molecule has 13 heteroatoms. The zero-order valence-corrected chi connectivity index (χ0v) is 24.3. The largest absolute Gasteiger partial charge is 0.383 e. The number of nitrogens with two attached hydrogens (primary N) is 2. The molecule has 1 aliphatic heterocycles. The Morgan fingerprint density at radius 2 is 2.13 bits per heavy atom. The Morgan fingerprint density at radius 3 is 2.82 bits per heavy atom. The number of piperidine rings is 1. The minimum Gasteiger partial charge on any atom is -0.383 e. The number of methoxy groups -OCH3 is 1. The Morgan fingerprint density at radius 1 is 1.36 bits per heavy atom. The number of halogens is 1. The van der Waals surface area contributed by atoms with Crippen LogP contribution < -0.4 is 17.0 Å². The minimum absolute atomic E-state index is 0.0447. The number of benzene rings is 1. The first-order valence-corrected chi connectivity index (χ1v) is 14.6. The maximum absolute atomic E-state index is 13.0. The van der Waals surface area contributed by atoms with E-state index in [0.717, 1.165) is 43.9 Å². The van der Waals surface area contributed by atoms with E-state index in [2.05, 4.69) is 31.6 Å². The summed E-state index contributed by atoms with van der Waals surface area (Å²) in [6, 6.07) is 3.59. The van der Waals surface area contributed by atoms with E-state index in [-0.39, 0.29) is 27.9 Å². The van der Waals surface area contributed by atoms with Gasteiger partial charge in [-0.05, 0) is 50.5 Å². The Labute approximate surface area is 239 Å². The number of likely N-dealkylation sites (tertiary alicyclic amines) is 1. The van der Waals surface area contributed by atoms with Gasteiger partial charge in [0.25, 0.3) is 5.56 Å². The van der Waals surface area contributed by atoms with Gasteiger partial charge < -0.3 is 21.1 Å². The fourth-order valence-electron chi connectivity index (χ4n) is 5.32. The number of thiazole rings is 1. The van der Waals surface area contributed by atoms with Crippen LogP contribution in [0.5, 0.6) is 0 Å². The van der Waals surface area contributed by atoms with Gasteiger partial charge in [-0.2, -0.15) is 0 Å². The third-order valence-electron chi connectivity index (χ3n) is 7.63. The molecule has 1 aromatic carbocycles. The van der Waals surface area contributed by atoms with Gasteiger partial charge in [0.1, 0.15) is 10.9 Å². The lowest BCUT2D eigenvalue weighted by Crippen LogP contribution is -2.46. The van der Waals surface area contributed by atoms with Crippen molar-refractivity contribution in [3.63, 3.8) is 0 Å². The normalized spacial score (nSPS) is 19.4. The molecule has 0 radical (unpaired) electrons. The van der Waals surface area contributed by atoms with E-state index in [0.29, 0.717) is 34.0 Å². The van der Waals surface area contributed by atoms with E-state index in [1.807, 2.05) is 12.4 Å². The highest BCUT2D eigenvalue weighted by atomic mass is 35.5. The Balaban J connectivity index is 1.33. The van der Waals surface area contributed by atoms with Crippen LogP contribution in [-0.2, 0) is 17.7 Å². The molecule has 1 atom stereocenters. The Hall–Kier alpha value is -2.77. The van der Waals surface area contributed by atoms with Gasteiger partial charge in [0.05, 0.1) is 46.6 Å². The predicted molar refractivity (Wildman–Crippen MR) is 159 cm³/mol. The fourth-order valence-corrected chi connectivity index (χ4v) is 7.38. The second-order valence-electron chi connectivity index (χ2n) is 9.78. The summed E-state index contributed by atoms with van der Waals surface area (Å²) in [6.45, 7) is 8.07. The molecule has 206 valence electrons. The summed E-state index contributed by atoms with van der Waals surface area (Å²) in [4.78, 5) is 34.8. The Kier molecular flexibility index (Phi) is 8.11. The fraction of sp³-hybridized carbons (Fsp3) is 0.423. The zero-order chi connectivity index (χ0) is 27.7. The van der Waals surface area contributed by atoms with Crippen LogP contribution in [0, 0.1) is 5.41 Å². The van der Waals surface area contributed by atoms with Gasteiger partial charge in [0, 0.05) is 36.0 Å². The molecule has 1 aliphatic carbocycles. The maximum Gasteiger partial charge on any atom is 0.262 e. The van der Waals surface area contributed by atoms with Crippen LogP contribution in [0.15, 0.2) is 54.5 Å². The average molecular weight is 587 g/mol. The van der Waals surface area contributed by atoms with Crippen LogP contribution in [0.3, 0.4) is 0 Å². The summed E-state index contributed by atoms with van der Waals surface area (Å²) >= 11 is 9.57. The van der Waals surface area contributed by atoms with E-state index >= 15 is 0 Å². The Bertz CT molecular complexity index is 1520. The molecule has 10 nitrogen and oxygen atoms in total. The van der Waals surface area contributed by atoms with Crippen LogP contribution in [0.1, 0.15) is 36.4 Å². The van der Waals surface area contributed by atoms with E-state index in [1.165, 1.54) is 27.5 Å². The van der Waals surface area contributed by atoms with Crippen molar-refractivity contribution in [1.29, 1.82) is 0 Å². The second-order valence-corrected chi connectivity index (χ2v) is 12.1. The number of hydrogen-bond donors (Lipinski definition) is 2. The number of fused-ring (bicyclic) bond motifs is 2. The van der Waals surface area contributed by atoms with E-state index in [9.17, 15) is 4.79 Å². The molecule has 3 aromatic rings. The third kappa shape index (κ3) is 5.23. The summed E-state index contributed by atoms with van der Waals surface area (Å²) in [6.07, 6.45) is 4.38. The standard InChI is InChI=1S/C26H31ClN8O2S2/c1-15(34-8-6-26(7-9-34)12-17-21(22(26)28)38-14-32-17)33-23(29)24(30-2)39-18-5-4-16-19(20(18)27)25(36)35(13-31-16)10-11-37-3/h4-5,13-14,22H,2,6-12,28-29H2,1,3H3/b24-23+,33-15+/t22-/m1/s1. The highest BCUT2D eigenvalue weighted by molar-refractivity contribution is 8.03. The molecular weight excluding hydrogens is 556 g/mol. The molecule has 0 bridgehead atoms. The number of rotatable bonds is 7. The van der Waals surface area contributed by atoms with Crippen molar-refractivity contribution in [3.8, 4) is 0 Å². The molecule has 1 fully saturated rings. The monoisotopic (exact) mass is 586 g/mol. The van der Waals surface area contributed by atoms with Gasteiger partial charge in [0.15, 0.2) is 5.82 Å². The van der Waals surface area contributed by atoms with Crippen molar-refractivity contribution < 1.29 is 4.74 Å². The summed E-state index contributed by atoms with van der Waals surface area (Å²) < 4.78 is 6.57. The van der Waals surface area contributed by atoms with Gasteiger partial charge in [-0.3, -0.25) is 14.4 Å². The molecule has 0 amide bonds. The lowest BCUT2D eigenvalue weighted by atomic mass is 9.74. The number of aliphatic imine (C=N–C) groups is 2. The number of aromatic nitrogens is 3. The molecule has 2 aliphatic rings. The molecule has 39 heavy (non-hydrogen) atoms. The van der Waals surface area contributed by atoms with E-state index in [1.54, 1.807) is 30.6 Å². The van der Waals surface area contributed by atoms with Gasteiger partial charge in [-0.25, -0.2) is 15.0 Å². The molecule has 0 unspecified atom stereocenters. The smallest absolute Gasteiger partial charge is 0.262 e. The van der Waals surface area contributed by atoms with Gasteiger partial charge in [-0.1, -0.05) is 23.4 Å². The van der Waals surface area contributed by atoms with Gasteiger partial charge in [-0.15, -0.1) is 11.3 Å². The van der Waals surface area contributed by atoms with Crippen molar-refractivity contribution in [1.82, 2.24) is 19.4 Å².